The zero-order valence-corrected chi connectivity index (χ0v) is 17.6. The van der Waals surface area contributed by atoms with E-state index in [0.29, 0.717) is 16.5 Å². The molecule has 1 aromatic heterocycles. The zero-order chi connectivity index (χ0) is 23.8. The number of halogens is 3. The molecule has 0 radical (unpaired) electrons. The van der Waals surface area contributed by atoms with Gasteiger partial charge in [-0.05, 0) is 43.5 Å². The van der Waals surface area contributed by atoms with E-state index in [2.05, 4.69) is 10.4 Å². The summed E-state index contributed by atoms with van der Waals surface area (Å²) in [6.45, 7) is 5.61. The topological polar surface area (TPSA) is 99.3 Å². The lowest BCUT2D eigenvalue weighted by molar-refractivity contribution is -0.384. The number of alkyl halides is 3. The second-order valence-corrected chi connectivity index (χ2v) is 7.27. The van der Waals surface area contributed by atoms with Gasteiger partial charge in [-0.15, -0.1) is 0 Å². The van der Waals surface area contributed by atoms with Gasteiger partial charge < -0.3 is 10.1 Å². The van der Waals surface area contributed by atoms with E-state index in [-0.39, 0.29) is 17.1 Å². The van der Waals surface area contributed by atoms with Crippen molar-refractivity contribution in [3.8, 4) is 11.5 Å². The van der Waals surface area contributed by atoms with Crippen LogP contribution in [0, 0.1) is 30.9 Å². The lowest BCUT2D eigenvalue weighted by atomic mass is 10.1. The summed E-state index contributed by atoms with van der Waals surface area (Å²) in [7, 11) is 1.06. The fraction of sp³-hybridized carbons (Fsp3) is 0.238. The minimum atomic E-state index is -4.68. The lowest BCUT2D eigenvalue weighted by Crippen LogP contribution is -2.13. The van der Waals surface area contributed by atoms with Gasteiger partial charge in [0.1, 0.15) is 17.2 Å². The van der Waals surface area contributed by atoms with E-state index in [1.807, 2.05) is 26.8 Å². The van der Waals surface area contributed by atoms with Gasteiger partial charge in [-0.2, -0.15) is 18.3 Å². The van der Waals surface area contributed by atoms with Gasteiger partial charge in [-0.3, -0.25) is 19.6 Å². The van der Waals surface area contributed by atoms with E-state index in [4.69, 9.17) is 4.74 Å². The Hall–Kier alpha value is -3.89. The molecule has 0 aliphatic carbocycles. The lowest BCUT2D eigenvalue weighted by Gasteiger charge is -2.13. The highest BCUT2D eigenvalue weighted by molar-refractivity contribution is 6.03. The zero-order valence-electron chi connectivity index (χ0n) is 17.6. The molecule has 0 saturated carbocycles. The Morgan fingerprint density at radius 3 is 2.41 bits per heavy atom. The van der Waals surface area contributed by atoms with Gasteiger partial charge in [0, 0.05) is 25.2 Å². The first-order valence-corrected chi connectivity index (χ1v) is 9.33. The predicted octanol–water partition coefficient (Wildman–Crippen LogP) is 5.32. The number of nitrogens with zero attached hydrogens (tertiary/aromatic N) is 3. The standard InChI is InChI=1S/C21H19F3N4O4/c1-11-5-12(2)13(3)18(6-11)32-16-8-14(7-15(9-16)28(30)31)25-20(29)17-10-19(21(22,23)24)27(4)26-17/h5-10H,1-4H3,(H,25,29). The first kappa shape index (κ1) is 22.8. The Morgan fingerprint density at radius 1 is 1.12 bits per heavy atom. The van der Waals surface area contributed by atoms with Crippen LogP contribution in [0.4, 0.5) is 24.5 Å². The summed E-state index contributed by atoms with van der Waals surface area (Å²) in [5.74, 6) is -0.385. The molecule has 32 heavy (non-hydrogen) atoms. The number of hydrogen-bond donors (Lipinski definition) is 1. The van der Waals surface area contributed by atoms with Crippen LogP contribution in [0.1, 0.15) is 32.9 Å². The van der Waals surface area contributed by atoms with E-state index in [0.717, 1.165) is 29.8 Å². The van der Waals surface area contributed by atoms with Crippen LogP contribution in [0.2, 0.25) is 0 Å². The van der Waals surface area contributed by atoms with Gasteiger partial charge in [0.25, 0.3) is 11.6 Å². The molecule has 0 atom stereocenters. The molecule has 2 aromatic carbocycles. The summed E-state index contributed by atoms with van der Waals surface area (Å²) < 4.78 is 45.3. The minimum Gasteiger partial charge on any atom is -0.457 e. The molecule has 0 aliphatic heterocycles. The van der Waals surface area contributed by atoms with Crippen LogP contribution in [-0.2, 0) is 13.2 Å². The maximum atomic E-state index is 13.0. The SMILES string of the molecule is Cc1cc(C)c(C)c(Oc2cc(NC(=O)c3cc(C(F)(F)F)n(C)n3)cc([N+](=O)[O-])c2)c1. The van der Waals surface area contributed by atoms with Crippen molar-refractivity contribution >= 4 is 17.3 Å². The van der Waals surface area contributed by atoms with Crippen molar-refractivity contribution in [3.63, 3.8) is 0 Å². The number of nitro groups is 1. The van der Waals surface area contributed by atoms with Crippen molar-refractivity contribution in [3.05, 3.63) is 74.6 Å². The summed E-state index contributed by atoms with van der Waals surface area (Å²) in [4.78, 5) is 23.1. The monoisotopic (exact) mass is 448 g/mol. The second-order valence-electron chi connectivity index (χ2n) is 7.27. The number of ether oxygens (including phenoxy) is 1. The van der Waals surface area contributed by atoms with E-state index >= 15 is 0 Å². The average Bonchev–Trinajstić information content (AvgIpc) is 3.08. The molecule has 1 heterocycles. The third kappa shape index (κ3) is 4.88. The van der Waals surface area contributed by atoms with E-state index in [9.17, 15) is 28.1 Å². The molecular formula is C21H19F3N4O4. The summed E-state index contributed by atoms with van der Waals surface area (Å²) in [6, 6.07) is 7.94. The molecule has 0 spiro atoms. The largest absolute Gasteiger partial charge is 0.457 e. The number of hydrogen-bond acceptors (Lipinski definition) is 5. The van der Waals surface area contributed by atoms with E-state index in [1.54, 1.807) is 6.07 Å². The molecule has 0 aliphatic rings. The van der Waals surface area contributed by atoms with Gasteiger partial charge >= 0.3 is 6.18 Å². The summed E-state index contributed by atoms with van der Waals surface area (Å²) in [5.41, 5.74) is 0.750. The Balaban J connectivity index is 1.93. The molecule has 0 unspecified atom stereocenters. The summed E-state index contributed by atoms with van der Waals surface area (Å²) in [6.07, 6.45) is -4.68. The fourth-order valence-corrected chi connectivity index (χ4v) is 3.09. The van der Waals surface area contributed by atoms with Crippen LogP contribution in [-0.4, -0.2) is 20.6 Å². The van der Waals surface area contributed by atoms with E-state index in [1.165, 1.54) is 12.1 Å². The number of carbonyl (C=O) groups is 1. The smallest absolute Gasteiger partial charge is 0.433 e. The highest BCUT2D eigenvalue weighted by Gasteiger charge is 2.35. The molecule has 0 saturated heterocycles. The molecule has 11 heteroatoms. The second kappa shape index (κ2) is 8.33. The number of non-ortho nitro benzene ring substituents is 1. The van der Waals surface area contributed by atoms with Crippen LogP contribution in [0.5, 0.6) is 11.5 Å². The molecular weight excluding hydrogens is 429 g/mol. The quantitative estimate of drug-likeness (QED) is 0.421. The number of nitrogens with one attached hydrogen (secondary N) is 1. The fourth-order valence-electron chi connectivity index (χ4n) is 3.09. The number of anilines is 1. The first-order chi connectivity index (χ1) is 14.8. The van der Waals surface area contributed by atoms with Gasteiger partial charge in [0.2, 0.25) is 0 Å². The Morgan fingerprint density at radius 2 is 1.81 bits per heavy atom. The molecule has 3 aromatic rings. The molecule has 3 rings (SSSR count). The Labute approximate surface area is 180 Å². The minimum absolute atomic E-state index is 0.0274. The van der Waals surface area contributed by atoms with Crippen LogP contribution in [0.15, 0.2) is 36.4 Å². The van der Waals surface area contributed by atoms with Crippen LogP contribution >= 0.6 is 0 Å². The van der Waals surface area contributed by atoms with Crippen molar-refractivity contribution in [2.75, 3.05) is 5.32 Å². The number of aromatic nitrogens is 2. The maximum absolute atomic E-state index is 13.0. The molecule has 1 N–H and O–H groups in total. The molecule has 8 nitrogen and oxygen atoms in total. The Kier molecular flexibility index (Phi) is 5.93. The highest BCUT2D eigenvalue weighted by Crippen LogP contribution is 2.33. The van der Waals surface area contributed by atoms with Crippen LogP contribution < -0.4 is 10.1 Å². The molecule has 1 amide bonds. The Bertz CT molecular complexity index is 1220. The summed E-state index contributed by atoms with van der Waals surface area (Å²) >= 11 is 0. The van der Waals surface area contributed by atoms with Crippen molar-refractivity contribution in [2.45, 2.75) is 26.9 Å². The summed E-state index contributed by atoms with van der Waals surface area (Å²) in [5, 5.41) is 17.3. The van der Waals surface area contributed by atoms with Crippen molar-refractivity contribution in [2.24, 2.45) is 7.05 Å². The first-order valence-electron chi connectivity index (χ1n) is 9.33. The van der Waals surface area contributed by atoms with Crippen LogP contribution in [0.3, 0.4) is 0 Å². The average molecular weight is 448 g/mol. The van der Waals surface area contributed by atoms with Gasteiger partial charge in [-0.25, -0.2) is 0 Å². The third-order valence-electron chi connectivity index (χ3n) is 4.75. The highest BCUT2D eigenvalue weighted by atomic mass is 19.4. The van der Waals surface area contributed by atoms with Gasteiger partial charge in [0.15, 0.2) is 5.69 Å². The molecule has 0 fully saturated rings. The normalized spacial score (nSPS) is 11.3. The maximum Gasteiger partial charge on any atom is 0.433 e. The van der Waals surface area contributed by atoms with E-state index < -0.39 is 28.4 Å². The predicted molar refractivity (Wildman–Crippen MR) is 110 cm³/mol. The number of rotatable bonds is 5. The van der Waals surface area contributed by atoms with Crippen molar-refractivity contribution < 1.29 is 27.6 Å². The third-order valence-corrected chi connectivity index (χ3v) is 4.75. The molecule has 0 bridgehead atoms. The number of nitro benzene ring substituents is 1. The number of carbonyl (C=O) groups excluding carboxylic acids is 1. The number of benzene rings is 2. The van der Waals surface area contributed by atoms with Crippen molar-refractivity contribution in [1.29, 1.82) is 0 Å². The molecule has 168 valence electrons. The number of amides is 1. The van der Waals surface area contributed by atoms with Crippen LogP contribution in [0.25, 0.3) is 0 Å². The van der Waals surface area contributed by atoms with Gasteiger partial charge in [-0.1, -0.05) is 6.07 Å². The number of aryl methyl sites for hydroxylation is 3. The van der Waals surface area contributed by atoms with Crippen molar-refractivity contribution in [1.82, 2.24) is 9.78 Å². The van der Waals surface area contributed by atoms with Gasteiger partial charge in [0.05, 0.1) is 16.7 Å².